The van der Waals surface area contributed by atoms with E-state index in [2.05, 4.69) is 124 Å². The molecule has 258 valence electrons. The minimum absolute atomic E-state index is 0.593. The molecule has 0 unspecified atom stereocenters. The smallest absolute Gasteiger partial charge is 0.227 e. The molecule has 0 amide bonds. The van der Waals surface area contributed by atoms with Gasteiger partial charge in [-0.25, -0.2) is 9.97 Å². The van der Waals surface area contributed by atoms with Gasteiger partial charge in [-0.3, -0.25) is 9.97 Å². The molecule has 4 aromatic heterocycles. The fourth-order valence-electron chi connectivity index (χ4n) is 7.45. The van der Waals surface area contributed by atoms with Gasteiger partial charge in [0.15, 0.2) is 11.2 Å². The number of fused-ring (bicyclic) bond motifs is 5. The van der Waals surface area contributed by atoms with E-state index >= 15 is 0 Å². The van der Waals surface area contributed by atoms with E-state index in [0.717, 1.165) is 94.1 Å². The van der Waals surface area contributed by atoms with Crippen LogP contribution in [-0.2, 0) is 0 Å². The number of rotatable bonds is 6. The molecule has 7 aromatic carbocycles. The monoisotopic (exact) mass is 707 g/mol. The zero-order chi connectivity index (χ0) is 36.3. The Balaban J connectivity index is 0.988. The Morgan fingerprint density at radius 3 is 1.64 bits per heavy atom. The normalized spacial score (nSPS) is 11.6. The van der Waals surface area contributed by atoms with E-state index in [1.807, 2.05) is 67.0 Å². The van der Waals surface area contributed by atoms with E-state index in [-0.39, 0.29) is 0 Å². The lowest BCUT2D eigenvalue weighted by Crippen LogP contribution is -2.09. The first-order valence-electron chi connectivity index (χ1n) is 18.1. The summed E-state index contributed by atoms with van der Waals surface area (Å²) >= 11 is 0. The second-order valence-corrected chi connectivity index (χ2v) is 13.6. The molecule has 0 aliphatic heterocycles. The zero-order valence-corrected chi connectivity index (χ0v) is 29.3. The number of benzene rings is 7. The molecule has 0 atom stereocenters. The first kappa shape index (κ1) is 30.9. The van der Waals surface area contributed by atoms with E-state index in [4.69, 9.17) is 18.8 Å². The first-order chi connectivity index (χ1) is 27.2. The zero-order valence-electron chi connectivity index (χ0n) is 29.3. The van der Waals surface area contributed by atoms with Crippen LogP contribution in [0.25, 0.3) is 88.8 Å². The van der Waals surface area contributed by atoms with Crippen LogP contribution in [0.5, 0.6) is 0 Å². The Hall–Kier alpha value is -7.64. The molecule has 11 aromatic rings. The van der Waals surface area contributed by atoms with Crippen molar-refractivity contribution in [3.63, 3.8) is 0 Å². The highest BCUT2D eigenvalue weighted by Gasteiger charge is 2.17. The van der Waals surface area contributed by atoms with Crippen molar-refractivity contribution in [1.82, 2.24) is 19.9 Å². The molecule has 0 spiro atoms. The van der Waals surface area contributed by atoms with E-state index in [9.17, 15) is 0 Å². The summed E-state index contributed by atoms with van der Waals surface area (Å²) in [5.74, 6) is 1.19. The Morgan fingerprint density at radius 2 is 0.964 bits per heavy atom. The summed E-state index contributed by atoms with van der Waals surface area (Å²) in [6.45, 7) is 0. The molecule has 4 heterocycles. The molecule has 7 heteroatoms. The molecule has 11 rings (SSSR count). The average Bonchev–Trinajstić information content (AvgIpc) is 3.88. The van der Waals surface area contributed by atoms with E-state index in [1.165, 1.54) is 0 Å². The fraction of sp³-hybridized carbons (Fsp3) is 0. The highest BCUT2D eigenvalue weighted by molar-refractivity contribution is 6.03. The summed E-state index contributed by atoms with van der Waals surface area (Å²) in [5, 5.41) is 4.43. The van der Waals surface area contributed by atoms with Crippen LogP contribution in [0.4, 0.5) is 17.1 Å². The van der Waals surface area contributed by atoms with Gasteiger partial charge in [-0.05, 0) is 137 Å². The molecule has 0 aliphatic carbocycles. The SMILES string of the molecule is c1cnc2cc3c(-c4ccc5cc(N(c6ccc(-c7nc8ccccc8o7)cc6)c6ccc(-c7nc8ccccc8o7)cc6)ccc5c4)ccnc3cc2c1. The average molecular weight is 708 g/mol. The van der Waals surface area contributed by atoms with Crippen molar-refractivity contribution in [3.8, 4) is 34.0 Å². The van der Waals surface area contributed by atoms with Gasteiger partial charge in [0, 0.05) is 51.4 Å². The summed E-state index contributed by atoms with van der Waals surface area (Å²) < 4.78 is 12.2. The number of hydrogen-bond donors (Lipinski definition) is 0. The highest BCUT2D eigenvalue weighted by atomic mass is 16.4. The number of pyridine rings is 2. The third kappa shape index (κ3) is 5.45. The van der Waals surface area contributed by atoms with Gasteiger partial charge in [0.25, 0.3) is 0 Å². The van der Waals surface area contributed by atoms with Gasteiger partial charge in [-0.1, -0.05) is 48.5 Å². The molecular weight excluding hydrogens is 679 g/mol. The Morgan fingerprint density at radius 1 is 0.382 bits per heavy atom. The van der Waals surface area contributed by atoms with Crippen molar-refractivity contribution in [3.05, 3.63) is 176 Å². The van der Waals surface area contributed by atoms with Crippen LogP contribution in [0.1, 0.15) is 0 Å². The minimum Gasteiger partial charge on any atom is -0.436 e. The fourth-order valence-corrected chi connectivity index (χ4v) is 7.45. The molecule has 0 aliphatic rings. The molecule has 0 saturated carbocycles. The van der Waals surface area contributed by atoms with Crippen molar-refractivity contribution in [1.29, 1.82) is 0 Å². The van der Waals surface area contributed by atoms with Gasteiger partial charge in [-0.2, -0.15) is 0 Å². The summed E-state index contributed by atoms with van der Waals surface area (Å²) in [4.78, 5) is 21.0. The van der Waals surface area contributed by atoms with Crippen molar-refractivity contribution in [2.75, 3.05) is 4.90 Å². The lowest BCUT2D eigenvalue weighted by Gasteiger charge is -2.26. The Kier molecular flexibility index (Phi) is 7.03. The number of para-hydroxylation sites is 4. The molecule has 0 bridgehead atoms. The number of anilines is 3. The van der Waals surface area contributed by atoms with E-state index < -0.39 is 0 Å². The number of nitrogens with zero attached hydrogens (tertiary/aromatic N) is 5. The molecule has 7 nitrogen and oxygen atoms in total. The largest absolute Gasteiger partial charge is 0.436 e. The summed E-state index contributed by atoms with van der Waals surface area (Å²) in [5.41, 5.74) is 12.2. The Bertz CT molecular complexity index is 3040. The molecule has 0 radical (unpaired) electrons. The van der Waals surface area contributed by atoms with Crippen LogP contribution >= 0.6 is 0 Å². The molecule has 0 saturated heterocycles. The maximum absolute atomic E-state index is 6.09. The number of aromatic nitrogens is 4. The summed E-state index contributed by atoms with van der Waals surface area (Å²) in [7, 11) is 0. The van der Waals surface area contributed by atoms with E-state index in [1.54, 1.807) is 0 Å². The van der Waals surface area contributed by atoms with Crippen molar-refractivity contribution >= 4 is 71.8 Å². The van der Waals surface area contributed by atoms with Gasteiger partial charge in [0.1, 0.15) is 11.0 Å². The van der Waals surface area contributed by atoms with Crippen molar-refractivity contribution in [2.24, 2.45) is 0 Å². The second-order valence-electron chi connectivity index (χ2n) is 13.6. The van der Waals surface area contributed by atoms with Gasteiger partial charge in [0.2, 0.25) is 11.8 Å². The molecule has 0 N–H and O–H groups in total. The van der Waals surface area contributed by atoms with Gasteiger partial charge in [0.05, 0.1) is 11.0 Å². The van der Waals surface area contributed by atoms with Gasteiger partial charge in [-0.15, -0.1) is 0 Å². The molecular formula is C48H29N5O2. The third-order valence-electron chi connectivity index (χ3n) is 10.2. The predicted molar refractivity (Wildman–Crippen MR) is 221 cm³/mol. The molecule has 55 heavy (non-hydrogen) atoms. The summed E-state index contributed by atoms with van der Waals surface area (Å²) in [6, 6.07) is 56.0. The number of oxazole rings is 2. The maximum Gasteiger partial charge on any atom is 0.227 e. The number of hydrogen-bond acceptors (Lipinski definition) is 7. The van der Waals surface area contributed by atoms with Crippen LogP contribution in [0.15, 0.2) is 185 Å². The second kappa shape index (κ2) is 12.5. The predicted octanol–water partition coefficient (Wildman–Crippen LogP) is 12.7. The third-order valence-corrected chi connectivity index (χ3v) is 10.2. The van der Waals surface area contributed by atoms with Crippen LogP contribution in [0.3, 0.4) is 0 Å². The van der Waals surface area contributed by atoms with Gasteiger partial charge >= 0.3 is 0 Å². The minimum atomic E-state index is 0.593. The molecule has 0 fully saturated rings. The first-order valence-corrected chi connectivity index (χ1v) is 18.1. The highest BCUT2D eigenvalue weighted by Crippen LogP contribution is 2.39. The topological polar surface area (TPSA) is 81.1 Å². The Labute approximate surface area is 314 Å². The van der Waals surface area contributed by atoms with Crippen LogP contribution in [0, 0.1) is 0 Å². The quantitative estimate of drug-likeness (QED) is 0.159. The lowest BCUT2D eigenvalue weighted by molar-refractivity contribution is 0.619. The standard InChI is InChI=1S/C48H29N5O2/c1-3-9-45-41(7-1)51-47(54-45)30-13-18-36(19-14-30)53(37-20-15-31(16-21-37)48-52-42-8-2-4-10-46(42)55-48)38-22-17-32-26-34(12-11-33(32)27-38)39-23-25-50-44-28-35-6-5-24-49-43(35)29-40(39)44/h1-29H. The van der Waals surface area contributed by atoms with Crippen LogP contribution in [-0.4, -0.2) is 19.9 Å². The van der Waals surface area contributed by atoms with E-state index in [0.29, 0.717) is 11.8 Å². The summed E-state index contributed by atoms with van der Waals surface area (Å²) in [6.07, 6.45) is 3.72. The van der Waals surface area contributed by atoms with Crippen LogP contribution in [0.2, 0.25) is 0 Å². The van der Waals surface area contributed by atoms with Crippen molar-refractivity contribution < 1.29 is 8.83 Å². The van der Waals surface area contributed by atoms with Crippen molar-refractivity contribution in [2.45, 2.75) is 0 Å². The maximum atomic E-state index is 6.09. The lowest BCUT2D eigenvalue weighted by atomic mass is 9.97. The van der Waals surface area contributed by atoms with Crippen LogP contribution < -0.4 is 4.90 Å². The van der Waals surface area contributed by atoms with Gasteiger partial charge < -0.3 is 13.7 Å².